The summed E-state index contributed by atoms with van der Waals surface area (Å²) in [5.74, 6) is -0.183. The number of alkyl halides is 3. The molecule has 0 aliphatic carbocycles. The predicted molar refractivity (Wildman–Crippen MR) is 115 cm³/mol. The fourth-order valence-electron chi connectivity index (χ4n) is 4.04. The SMILES string of the molecule is Cc1cc(C(F)(F)F)c2c(C)nn(CC(=O)N3CCN(Cc4ccc(Cl)cc4)CC3)c2n1. The number of carbonyl (C=O) groups excluding carboxylic acids is 1. The van der Waals surface area contributed by atoms with Gasteiger partial charge in [-0.15, -0.1) is 0 Å². The molecule has 1 aliphatic heterocycles. The van der Waals surface area contributed by atoms with Crippen LogP contribution in [0, 0.1) is 13.8 Å². The lowest BCUT2D eigenvalue weighted by molar-refractivity contribution is -0.136. The number of carbonyl (C=O) groups is 1. The number of hydrogen-bond donors (Lipinski definition) is 0. The molecule has 2 aromatic heterocycles. The van der Waals surface area contributed by atoms with Crippen LogP contribution in [0.5, 0.6) is 0 Å². The van der Waals surface area contributed by atoms with Gasteiger partial charge in [0, 0.05) is 43.4 Å². The Bertz CT molecular complexity index is 1140. The van der Waals surface area contributed by atoms with Crippen LogP contribution in [0.15, 0.2) is 30.3 Å². The van der Waals surface area contributed by atoms with E-state index < -0.39 is 11.7 Å². The second-order valence-corrected chi connectivity index (χ2v) is 8.47. The van der Waals surface area contributed by atoms with Crippen LogP contribution >= 0.6 is 11.6 Å². The summed E-state index contributed by atoms with van der Waals surface area (Å²) in [6.07, 6.45) is -4.52. The number of benzene rings is 1. The Hall–Kier alpha value is -2.65. The minimum Gasteiger partial charge on any atom is -0.339 e. The number of hydrogen-bond acceptors (Lipinski definition) is 4. The average Bonchev–Trinajstić information content (AvgIpc) is 3.04. The minimum atomic E-state index is -4.52. The average molecular weight is 466 g/mol. The van der Waals surface area contributed by atoms with Crippen molar-refractivity contribution in [1.29, 1.82) is 0 Å². The maximum atomic E-state index is 13.5. The van der Waals surface area contributed by atoms with Crippen LogP contribution in [0.1, 0.15) is 22.5 Å². The minimum absolute atomic E-state index is 0.0521. The van der Waals surface area contributed by atoms with Crippen LogP contribution in [0.4, 0.5) is 13.2 Å². The molecule has 1 saturated heterocycles. The van der Waals surface area contributed by atoms with E-state index in [0.29, 0.717) is 31.2 Å². The molecule has 1 aromatic carbocycles. The van der Waals surface area contributed by atoms with E-state index in [1.807, 2.05) is 24.3 Å². The molecule has 0 bridgehead atoms. The molecule has 0 atom stereocenters. The van der Waals surface area contributed by atoms with Crippen molar-refractivity contribution in [2.75, 3.05) is 26.2 Å². The molecule has 6 nitrogen and oxygen atoms in total. The number of fused-ring (bicyclic) bond motifs is 1. The van der Waals surface area contributed by atoms with Gasteiger partial charge in [-0.25, -0.2) is 9.67 Å². The summed E-state index contributed by atoms with van der Waals surface area (Å²) < 4.78 is 41.8. The van der Waals surface area contributed by atoms with Crippen molar-refractivity contribution in [2.45, 2.75) is 33.1 Å². The van der Waals surface area contributed by atoms with Crippen LogP contribution in [-0.4, -0.2) is 56.7 Å². The number of pyridine rings is 1. The highest BCUT2D eigenvalue weighted by Crippen LogP contribution is 2.36. The van der Waals surface area contributed by atoms with E-state index in [2.05, 4.69) is 15.0 Å². The first-order valence-electron chi connectivity index (χ1n) is 10.3. The fraction of sp³-hybridized carbons (Fsp3) is 0.409. The van der Waals surface area contributed by atoms with Crippen LogP contribution < -0.4 is 0 Å². The molecule has 1 fully saturated rings. The summed E-state index contributed by atoms with van der Waals surface area (Å²) in [5, 5.41) is 4.84. The van der Waals surface area contributed by atoms with Crippen LogP contribution in [0.25, 0.3) is 11.0 Å². The first-order chi connectivity index (χ1) is 15.1. The molecule has 0 spiro atoms. The molecular weight excluding hydrogens is 443 g/mol. The highest BCUT2D eigenvalue weighted by atomic mass is 35.5. The zero-order chi connectivity index (χ0) is 23.0. The van der Waals surface area contributed by atoms with Crippen molar-refractivity contribution in [3.63, 3.8) is 0 Å². The largest absolute Gasteiger partial charge is 0.417 e. The van der Waals surface area contributed by atoms with Gasteiger partial charge in [-0.2, -0.15) is 18.3 Å². The van der Waals surface area contributed by atoms with E-state index in [0.717, 1.165) is 18.2 Å². The summed E-state index contributed by atoms with van der Waals surface area (Å²) in [7, 11) is 0. The van der Waals surface area contributed by atoms with Crippen molar-refractivity contribution >= 4 is 28.5 Å². The molecule has 0 N–H and O–H groups in total. The lowest BCUT2D eigenvalue weighted by atomic mass is 10.1. The summed E-state index contributed by atoms with van der Waals surface area (Å²) >= 11 is 5.93. The van der Waals surface area contributed by atoms with Crippen LogP contribution in [-0.2, 0) is 24.1 Å². The molecule has 0 radical (unpaired) electrons. The summed E-state index contributed by atoms with van der Waals surface area (Å²) in [4.78, 5) is 21.1. The first kappa shape index (κ1) is 22.5. The Balaban J connectivity index is 1.45. The topological polar surface area (TPSA) is 54.3 Å². The summed E-state index contributed by atoms with van der Waals surface area (Å²) in [5.41, 5.74) is 0.904. The zero-order valence-electron chi connectivity index (χ0n) is 17.8. The number of nitrogens with zero attached hydrogens (tertiary/aromatic N) is 5. The molecule has 1 amide bonds. The molecule has 1 aliphatic rings. The Kier molecular flexibility index (Phi) is 6.13. The van der Waals surface area contributed by atoms with Crippen molar-refractivity contribution in [3.05, 3.63) is 57.9 Å². The lowest BCUT2D eigenvalue weighted by Crippen LogP contribution is -2.49. The maximum Gasteiger partial charge on any atom is 0.417 e. The zero-order valence-corrected chi connectivity index (χ0v) is 18.5. The predicted octanol–water partition coefficient (Wildman–Crippen LogP) is 4.06. The molecule has 3 heterocycles. The third-order valence-electron chi connectivity index (χ3n) is 5.64. The Labute approximate surface area is 188 Å². The molecule has 32 heavy (non-hydrogen) atoms. The van der Waals surface area contributed by atoms with E-state index in [4.69, 9.17) is 11.6 Å². The van der Waals surface area contributed by atoms with Crippen LogP contribution in [0.2, 0.25) is 5.02 Å². The lowest BCUT2D eigenvalue weighted by Gasteiger charge is -2.34. The molecule has 170 valence electrons. The van der Waals surface area contributed by atoms with E-state index in [-0.39, 0.29) is 34.9 Å². The van der Waals surface area contributed by atoms with Gasteiger partial charge in [0.15, 0.2) is 5.65 Å². The Morgan fingerprint density at radius 2 is 1.75 bits per heavy atom. The molecule has 0 saturated carbocycles. The standard InChI is InChI=1S/C22H23ClF3N5O/c1-14-11-18(22(24,25)26)20-15(2)28-31(21(20)27-14)13-19(32)30-9-7-29(8-10-30)12-16-3-5-17(23)6-4-16/h3-6,11H,7-10,12-13H2,1-2H3. The van der Waals surface area contributed by atoms with Gasteiger partial charge in [-0.05, 0) is 37.6 Å². The van der Waals surface area contributed by atoms with Crippen molar-refractivity contribution < 1.29 is 18.0 Å². The normalized spacial score (nSPS) is 15.5. The van der Waals surface area contributed by atoms with Gasteiger partial charge in [0.25, 0.3) is 0 Å². The number of rotatable bonds is 4. The number of halogens is 4. The van der Waals surface area contributed by atoms with Crippen molar-refractivity contribution in [1.82, 2.24) is 24.6 Å². The third kappa shape index (κ3) is 4.73. The van der Waals surface area contributed by atoms with Gasteiger partial charge in [-0.3, -0.25) is 9.69 Å². The maximum absolute atomic E-state index is 13.5. The van der Waals surface area contributed by atoms with Gasteiger partial charge >= 0.3 is 6.18 Å². The van der Waals surface area contributed by atoms with E-state index in [9.17, 15) is 18.0 Å². The smallest absolute Gasteiger partial charge is 0.339 e. The Morgan fingerprint density at radius 3 is 2.38 bits per heavy atom. The molecular formula is C22H23ClF3N5O. The number of piperazine rings is 1. The molecule has 10 heteroatoms. The summed E-state index contributed by atoms with van der Waals surface area (Å²) in [6, 6.07) is 8.69. The highest BCUT2D eigenvalue weighted by molar-refractivity contribution is 6.30. The second-order valence-electron chi connectivity index (χ2n) is 8.03. The van der Waals surface area contributed by atoms with Crippen molar-refractivity contribution in [3.8, 4) is 0 Å². The quantitative estimate of drug-likeness (QED) is 0.583. The molecule has 4 rings (SSSR count). The van der Waals surface area contributed by atoms with Crippen LogP contribution in [0.3, 0.4) is 0 Å². The molecule has 3 aromatic rings. The fourth-order valence-corrected chi connectivity index (χ4v) is 4.17. The van der Waals surface area contributed by atoms with Gasteiger partial charge in [0.1, 0.15) is 6.54 Å². The van der Waals surface area contributed by atoms with E-state index >= 15 is 0 Å². The van der Waals surface area contributed by atoms with Gasteiger partial charge < -0.3 is 4.90 Å². The number of aromatic nitrogens is 3. The van der Waals surface area contributed by atoms with E-state index in [1.165, 1.54) is 18.5 Å². The monoisotopic (exact) mass is 465 g/mol. The van der Waals surface area contributed by atoms with E-state index in [1.54, 1.807) is 4.90 Å². The number of amides is 1. The number of aryl methyl sites for hydroxylation is 2. The van der Waals surface area contributed by atoms with Gasteiger partial charge in [0.05, 0.1) is 16.6 Å². The Morgan fingerprint density at radius 1 is 1.09 bits per heavy atom. The van der Waals surface area contributed by atoms with Gasteiger partial charge in [0.2, 0.25) is 5.91 Å². The summed E-state index contributed by atoms with van der Waals surface area (Å²) in [6.45, 7) is 6.15. The van der Waals surface area contributed by atoms with Gasteiger partial charge in [-0.1, -0.05) is 23.7 Å². The second kappa shape index (κ2) is 8.71. The molecule has 0 unspecified atom stereocenters. The first-order valence-corrected chi connectivity index (χ1v) is 10.7. The highest BCUT2D eigenvalue weighted by Gasteiger charge is 2.35. The van der Waals surface area contributed by atoms with Crippen molar-refractivity contribution in [2.24, 2.45) is 0 Å². The third-order valence-corrected chi connectivity index (χ3v) is 5.89.